The van der Waals surface area contributed by atoms with Gasteiger partial charge >= 0.3 is 0 Å². The molecule has 1 N–H and O–H groups in total. The van der Waals surface area contributed by atoms with Gasteiger partial charge in [0.2, 0.25) is 0 Å². The van der Waals surface area contributed by atoms with Crippen LogP contribution < -0.4 is 5.32 Å². The summed E-state index contributed by atoms with van der Waals surface area (Å²) in [5.74, 6) is 0. The van der Waals surface area contributed by atoms with Crippen molar-refractivity contribution < 1.29 is 4.92 Å². The number of nitro groups is 1. The molecule has 102 valence electrons. The van der Waals surface area contributed by atoms with Crippen molar-refractivity contribution in [2.24, 2.45) is 0 Å². The minimum Gasteiger partial charge on any atom is -0.377 e. The Labute approximate surface area is 112 Å². The number of hydrogen-bond acceptors (Lipinski definition) is 4. The quantitative estimate of drug-likeness (QED) is 0.671. The van der Waals surface area contributed by atoms with Crippen LogP contribution in [0.25, 0.3) is 0 Å². The second-order valence-electron chi connectivity index (χ2n) is 5.64. The Kier molecular flexibility index (Phi) is 3.14. The zero-order valence-corrected chi connectivity index (χ0v) is 11.1. The molecule has 0 amide bonds. The van der Waals surface area contributed by atoms with E-state index in [0.717, 1.165) is 12.8 Å². The van der Waals surface area contributed by atoms with E-state index in [1.165, 1.54) is 12.8 Å². The van der Waals surface area contributed by atoms with Crippen LogP contribution in [0.15, 0.2) is 24.3 Å². The Hall–Kier alpha value is -1.62. The maximum atomic E-state index is 11.0. The van der Waals surface area contributed by atoms with Gasteiger partial charge in [0.05, 0.1) is 4.92 Å². The smallest absolute Gasteiger partial charge is 0.292 e. The van der Waals surface area contributed by atoms with Crippen LogP contribution >= 0.6 is 0 Å². The predicted molar refractivity (Wildman–Crippen MR) is 74.3 cm³/mol. The third-order valence-electron chi connectivity index (χ3n) is 4.56. The summed E-state index contributed by atoms with van der Waals surface area (Å²) in [5, 5.41) is 14.4. The fourth-order valence-electron chi connectivity index (χ4n) is 3.50. The summed E-state index contributed by atoms with van der Waals surface area (Å²) in [4.78, 5) is 13.2. The lowest BCUT2D eigenvalue weighted by molar-refractivity contribution is -0.384. The van der Waals surface area contributed by atoms with Crippen molar-refractivity contribution in [3.05, 3.63) is 34.4 Å². The standard InChI is InChI=1S/C14H19N3O2/c1-16-11-6-7-12(16)9-10(8-11)15-13-4-2-3-5-14(13)17(18)19/h2-5,10-12,15H,6-9H2,1H3/t10-,11+,12-. The molecule has 2 aliphatic heterocycles. The van der Waals surface area contributed by atoms with Crippen LogP contribution in [0.5, 0.6) is 0 Å². The maximum absolute atomic E-state index is 11.0. The summed E-state index contributed by atoms with van der Waals surface area (Å²) in [7, 11) is 2.20. The summed E-state index contributed by atoms with van der Waals surface area (Å²) < 4.78 is 0. The molecule has 5 heteroatoms. The van der Waals surface area contributed by atoms with E-state index in [1.54, 1.807) is 18.2 Å². The minimum absolute atomic E-state index is 0.175. The van der Waals surface area contributed by atoms with Crippen LogP contribution in [0.1, 0.15) is 25.7 Å². The van der Waals surface area contributed by atoms with E-state index in [9.17, 15) is 10.1 Å². The topological polar surface area (TPSA) is 58.4 Å². The Balaban J connectivity index is 1.74. The van der Waals surface area contributed by atoms with E-state index in [0.29, 0.717) is 23.8 Å². The zero-order valence-electron chi connectivity index (χ0n) is 11.1. The van der Waals surface area contributed by atoms with Gasteiger partial charge in [0.25, 0.3) is 5.69 Å². The van der Waals surface area contributed by atoms with Crippen LogP contribution in [0.2, 0.25) is 0 Å². The molecule has 2 heterocycles. The monoisotopic (exact) mass is 261 g/mol. The molecule has 2 bridgehead atoms. The van der Waals surface area contributed by atoms with Crippen LogP contribution in [-0.2, 0) is 0 Å². The van der Waals surface area contributed by atoms with E-state index >= 15 is 0 Å². The number of benzene rings is 1. The minimum atomic E-state index is -0.314. The SMILES string of the molecule is CN1[C@@H]2CC[C@H]1C[C@@H](Nc1ccccc1[N+](=O)[O-])C2. The van der Waals surface area contributed by atoms with Crippen molar-refractivity contribution in [1.29, 1.82) is 0 Å². The van der Waals surface area contributed by atoms with Gasteiger partial charge in [-0.25, -0.2) is 0 Å². The first-order chi connectivity index (χ1) is 9.15. The molecular formula is C14H19N3O2. The van der Waals surface area contributed by atoms with Gasteiger partial charge in [-0.1, -0.05) is 12.1 Å². The lowest BCUT2D eigenvalue weighted by atomic mass is 9.97. The highest BCUT2D eigenvalue weighted by Crippen LogP contribution is 2.36. The van der Waals surface area contributed by atoms with Crippen molar-refractivity contribution in [3.8, 4) is 0 Å². The van der Waals surface area contributed by atoms with Crippen molar-refractivity contribution in [1.82, 2.24) is 4.90 Å². The Bertz CT molecular complexity index is 477. The van der Waals surface area contributed by atoms with Gasteiger partial charge in [-0.05, 0) is 38.8 Å². The molecule has 19 heavy (non-hydrogen) atoms. The highest BCUT2D eigenvalue weighted by molar-refractivity contribution is 5.61. The summed E-state index contributed by atoms with van der Waals surface area (Å²) in [6.07, 6.45) is 4.69. The molecular weight excluding hydrogens is 242 g/mol. The third kappa shape index (κ3) is 2.30. The number of anilines is 1. The van der Waals surface area contributed by atoms with Crippen LogP contribution in [0.3, 0.4) is 0 Å². The Morgan fingerprint density at radius 1 is 1.26 bits per heavy atom. The number of nitro benzene ring substituents is 1. The highest BCUT2D eigenvalue weighted by Gasteiger charge is 2.38. The van der Waals surface area contributed by atoms with Crippen molar-refractivity contribution in [2.75, 3.05) is 12.4 Å². The second-order valence-corrected chi connectivity index (χ2v) is 5.64. The van der Waals surface area contributed by atoms with Crippen molar-refractivity contribution in [2.45, 2.75) is 43.8 Å². The van der Waals surface area contributed by atoms with Crippen molar-refractivity contribution >= 4 is 11.4 Å². The summed E-state index contributed by atoms with van der Waals surface area (Å²) in [5.41, 5.74) is 0.829. The second kappa shape index (κ2) is 4.81. The molecule has 1 aromatic rings. The predicted octanol–water partition coefficient (Wildman–Crippen LogP) is 2.63. The molecule has 0 saturated carbocycles. The van der Waals surface area contributed by atoms with Gasteiger partial charge in [-0.15, -0.1) is 0 Å². The molecule has 2 saturated heterocycles. The van der Waals surface area contributed by atoms with Gasteiger partial charge in [-0.2, -0.15) is 0 Å². The van der Waals surface area contributed by atoms with E-state index in [2.05, 4.69) is 17.3 Å². The maximum Gasteiger partial charge on any atom is 0.292 e. The first-order valence-corrected chi connectivity index (χ1v) is 6.87. The third-order valence-corrected chi connectivity index (χ3v) is 4.56. The average molecular weight is 261 g/mol. The largest absolute Gasteiger partial charge is 0.377 e. The molecule has 0 radical (unpaired) electrons. The number of hydrogen-bond donors (Lipinski definition) is 1. The molecule has 5 nitrogen and oxygen atoms in total. The highest BCUT2D eigenvalue weighted by atomic mass is 16.6. The molecule has 0 unspecified atom stereocenters. The van der Waals surface area contributed by atoms with Crippen LogP contribution in [0, 0.1) is 10.1 Å². The van der Waals surface area contributed by atoms with Crippen LogP contribution in [0.4, 0.5) is 11.4 Å². The van der Waals surface area contributed by atoms with Gasteiger partial charge < -0.3 is 10.2 Å². The van der Waals surface area contributed by atoms with E-state index in [-0.39, 0.29) is 10.6 Å². The van der Waals surface area contributed by atoms with Crippen LogP contribution in [-0.4, -0.2) is 35.0 Å². The zero-order chi connectivity index (χ0) is 13.4. The van der Waals surface area contributed by atoms with Crippen molar-refractivity contribution in [3.63, 3.8) is 0 Å². The number of rotatable bonds is 3. The molecule has 2 aliphatic rings. The number of fused-ring (bicyclic) bond motifs is 2. The fraction of sp³-hybridized carbons (Fsp3) is 0.571. The summed E-state index contributed by atoms with van der Waals surface area (Å²) in [6, 6.07) is 8.55. The van der Waals surface area contributed by atoms with E-state index in [1.807, 2.05) is 6.07 Å². The number of para-hydroxylation sites is 2. The molecule has 1 aromatic carbocycles. The molecule has 3 atom stereocenters. The molecule has 2 fully saturated rings. The molecule has 0 spiro atoms. The lowest BCUT2D eigenvalue weighted by Crippen LogP contribution is -2.44. The van der Waals surface area contributed by atoms with Gasteiger partial charge in [0, 0.05) is 24.2 Å². The average Bonchev–Trinajstić information content (AvgIpc) is 2.63. The first kappa shape index (κ1) is 12.4. The lowest BCUT2D eigenvalue weighted by Gasteiger charge is -2.36. The summed E-state index contributed by atoms with van der Waals surface area (Å²) in [6.45, 7) is 0. The Morgan fingerprint density at radius 2 is 1.89 bits per heavy atom. The Morgan fingerprint density at radius 3 is 2.53 bits per heavy atom. The van der Waals surface area contributed by atoms with Gasteiger partial charge in [-0.3, -0.25) is 10.1 Å². The first-order valence-electron chi connectivity index (χ1n) is 6.87. The van der Waals surface area contributed by atoms with E-state index < -0.39 is 0 Å². The molecule has 0 aliphatic carbocycles. The van der Waals surface area contributed by atoms with Gasteiger partial charge in [0.1, 0.15) is 5.69 Å². The normalized spacial score (nSPS) is 30.3. The van der Waals surface area contributed by atoms with E-state index in [4.69, 9.17) is 0 Å². The number of nitrogens with zero attached hydrogens (tertiary/aromatic N) is 2. The number of piperidine rings is 1. The number of nitrogens with one attached hydrogen (secondary N) is 1. The summed E-state index contributed by atoms with van der Waals surface area (Å²) >= 11 is 0. The molecule has 3 rings (SSSR count). The fourth-order valence-corrected chi connectivity index (χ4v) is 3.50. The molecule has 0 aromatic heterocycles. The van der Waals surface area contributed by atoms with Gasteiger partial charge in [0.15, 0.2) is 0 Å².